The molecule has 2 nitrogen and oxygen atoms in total. The summed E-state index contributed by atoms with van der Waals surface area (Å²) >= 11 is 5.77. The van der Waals surface area contributed by atoms with Crippen LogP contribution in [0, 0.1) is 11.3 Å². The number of nitrogens with zero attached hydrogens (tertiary/aromatic N) is 1. The number of nitriles is 1. The zero-order valence-electron chi connectivity index (χ0n) is 8.53. The lowest BCUT2D eigenvalue weighted by molar-refractivity contribution is -0.117. The van der Waals surface area contributed by atoms with Gasteiger partial charge in [0, 0.05) is 23.8 Å². The highest BCUT2D eigenvalue weighted by atomic mass is 35.5. The molecule has 15 heavy (non-hydrogen) atoms. The summed E-state index contributed by atoms with van der Waals surface area (Å²) in [6, 6.07) is 9.40. The predicted molar refractivity (Wildman–Crippen MR) is 59.7 cm³/mol. The fourth-order valence-electron chi connectivity index (χ4n) is 1.50. The zero-order chi connectivity index (χ0) is 11.3. The molecule has 1 unspecified atom stereocenters. The minimum absolute atomic E-state index is 0.00948. The fraction of sp³-hybridized carbons (Fsp3) is 0.333. The third-order valence-electron chi connectivity index (χ3n) is 2.21. The molecule has 0 heterocycles. The molecule has 1 aromatic carbocycles. The number of hydrogen-bond acceptors (Lipinski definition) is 2. The summed E-state index contributed by atoms with van der Waals surface area (Å²) in [6.07, 6.45) is 0.774. The maximum Gasteiger partial charge on any atom is 0.130 e. The predicted octanol–water partition coefficient (Wildman–Crippen LogP) is 3.32. The standard InChI is InChI=1S/C12H12ClNO/c1-9(15)8-11(6-7-14)10-2-4-12(13)5-3-10/h2-5,11H,6,8H2,1H3. The first-order chi connectivity index (χ1) is 7.13. The van der Waals surface area contributed by atoms with Crippen molar-refractivity contribution in [3.05, 3.63) is 34.9 Å². The number of benzene rings is 1. The van der Waals surface area contributed by atoms with Crippen LogP contribution in [0.15, 0.2) is 24.3 Å². The van der Waals surface area contributed by atoms with Gasteiger partial charge in [-0.3, -0.25) is 0 Å². The number of Topliss-reactive ketones (excluding diaryl/α,β-unsaturated/α-hetero) is 1. The van der Waals surface area contributed by atoms with E-state index in [-0.39, 0.29) is 11.7 Å². The van der Waals surface area contributed by atoms with Crippen LogP contribution >= 0.6 is 11.6 Å². The van der Waals surface area contributed by atoms with Crippen molar-refractivity contribution in [2.24, 2.45) is 0 Å². The van der Waals surface area contributed by atoms with Crippen molar-refractivity contribution in [1.82, 2.24) is 0 Å². The number of hydrogen-bond donors (Lipinski definition) is 0. The van der Waals surface area contributed by atoms with Gasteiger partial charge in [0.2, 0.25) is 0 Å². The van der Waals surface area contributed by atoms with Crippen LogP contribution in [-0.4, -0.2) is 5.78 Å². The molecule has 0 fully saturated rings. The maximum absolute atomic E-state index is 11.0. The second-order valence-electron chi connectivity index (χ2n) is 3.52. The zero-order valence-corrected chi connectivity index (χ0v) is 9.29. The molecule has 0 aliphatic carbocycles. The third-order valence-corrected chi connectivity index (χ3v) is 2.46. The maximum atomic E-state index is 11.0. The van der Waals surface area contributed by atoms with Gasteiger partial charge in [0.1, 0.15) is 5.78 Å². The van der Waals surface area contributed by atoms with Crippen LogP contribution in [0.1, 0.15) is 31.2 Å². The highest BCUT2D eigenvalue weighted by molar-refractivity contribution is 6.30. The van der Waals surface area contributed by atoms with E-state index >= 15 is 0 Å². The average molecular weight is 222 g/mol. The van der Waals surface area contributed by atoms with Gasteiger partial charge in [-0.25, -0.2) is 0 Å². The van der Waals surface area contributed by atoms with Crippen molar-refractivity contribution < 1.29 is 4.79 Å². The largest absolute Gasteiger partial charge is 0.300 e. The molecule has 0 aliphatic rings. The van der Waals surface area contributed by atoms with Crippen LogP contribution < -0.4 is 0 Å². The van der Waals surface area contributed by atoms with Crippen molar-refractivity contribution in [2.45, 2.75) is 25.7 Å². The molecule has 0 aliphatic heterocycles. The van der Waals surface area contributed by atoms with Gasteiger partial charge in [-0.15, -0.1) is 0 Å². The van der Waals surface area contributed by atoms with Crippen molar-refractivity contribution in [1.29, 1.82) is 5.26 Å². The Hall–Kier alpha value is -1.33. The van der Waals surface area contributed by atoms with Gasteiger partial charge in [-0.1, -0.05) is 23.7 Å². The summed E-state index contributed by atoms with van der Waals surface area (Å²) in [7, 11) is 0. The number of ketones is 1. The molecule has 0 amide bonds. The normalized spacial score (nSPS) is 11.8. The van der Waals surface area contributed by atoms with Crippen LogP contribution in [0.25, 0.3) is 0 Å². The van der Waals surface area contributed by atoms with Crippen molar-refractivity contribution in [3.63, 3.8) is 0 Å². The van der Waals surface area contributed by atoms with Crippen molar-refractivity contribution >= 4 is 17.4 Å². The molecule has 0 aromatic heterocycles. The van der Waals surface area contributed by atoms with E-state index in [1.165, 1.54) is 0 Å². The lowest BCUT2D eigenvalue weighted by atomic mass is 9.92. The molecule has 78 valence electrons. The summed E-state index contributed by atoms with van der Waals surface area (Å²) in [5, 5.41) is 9.34. The van der Waals surface area contributed by atoms with Gasteiger partial charge in [0.15, 0.2) is 0 Å². The molecule has 1 aromatic rings. The second kappa shape index (κ2) is 5.53. The Morgan fingerprint density at radius 2 is 2.07 bits per heavy atom. The Balaban J connectivity index is 2.84. The molecule has 0 saturated carbocycles. The molecule has 0 N–H and O–H groups in total. The van der Waals surface area contributed by atoms with E-state index in [9.17, 15) is 4.79 Å². The third kappa shape index (κ3) is 3.73. The smallest absolute Gasteiger partial charge is 0.130 e. The Morgan fingerprint density at radius 1 is 1.47 bits per heavy atom. The van der Waals surface area contributed by atoms with E-state index in [2.05, 4.69) is 6.07 Å². The average Bonchev–Trinajstić information content (AvgIpc) is 2.17. The SMILES string of the molecule is CC(=O)CC(CC#N)c1ccc(Cl)cc1. The van der Waals surface area contributed by atoms with Crippen LogP contribution in [-0.2, 0) is 4.79 Å². The summed E-state index contributed by atoms with van der Waals surface area (Å²) in [4.78, 5) is 11.0. The molecule has 0 radical (unpaired) electrons. The van der Waals surface area contributed by atoms with Crippen LogP contribution in [0.2, 0.25) is 5.02 Å². The van der Waals surface area contributed by atoms with Gasteiger partial charge in [0.05, 0.1) is 6.07 Å². The monoisotopic (exact) mass is 221 g/mol. The molecule has 0 bridgehead atoms. The summed E-state index contributed by atoms with van der Waals surface area (Å²) in [6.45, 7) is 1.54. The van der Waals surface area contributed by atoms with Crippen molar-refractivity contribution in [3.8, 4) is 6.07 Å². The Morgan fingerprint density at radius 3 is 2.53 bits per heavy atom. The summed E-state index contributed by atoms with van der Waals surface area (Å²) in [5.41, 5.74) is 0.996. The Kier molecular flexibility index (Phi) is 4.33. The first kappa shape index (κ1) is 11.7. The van der Waals surface area contributed by atoms with Crippen molar-refractivity contribution in [2.75, 3.05) is 0 Å². The van der Waals surface area contributed by atoms with E-state index in [1.54, 1.807) is 19.1 Å². The van der Waals surface area contributed by atoms with Crippen LogP contribution in [0.3, 0.4) is 0 Å². The summed E-state index contributed by atoms with van der Waals surface area (Å²) < 4.78 is 0. The van der Waals surface area contributed by atoms with Crippen LogP contribution in [0.4, 0.5) is 0 Å². The van der Waals surface area contributed by atoms with E-state index in [0.717, 1.165) is 5.56 Å². The van der Waals surface area contributed by atoms with Gasteiger partial charge >= 0.3 is 0 Å². The second-order valence-corrected chi connectivity index (χ2v) is 3.95. The number of rotatable bonds is 4. The van der Waals surface area contributed by atoms with E-state index in [1.807, 2.05) is 12.1 Å². The fourth-order valence-corrected chi connectivity index (χ4v) is 1.63. The highest BCUT2D eigenvalue weighted by Gasteiger charge is 2.13. The molecular weight excluding hydrogens is 210 g/mol. The van der Waals surface area contributed by atoms with Crippen LogP contribution in [0.5, 0.6) is 0 Å². The van der Waals surface area contributed by atoms with Gasteiger partial charge in [0.25, 0.3) is 0 Å². The molecule has 1 rings (SSSR count). The number of carbonyl (C=O) groups excluding carboxylic acids is 1. The van der Waals surface area contributed by atoms with Gasteiger partial charge in [-0.05, 0) is 24.6 Å². The Labute approximate surface area is 94.5 Å². The molecular formula is C12H12ClNO. The van der Waals surface area contributed by atoms with Gasteiger partial charge < -0.3 is 4.79 Å². The number of carbonyl (C=O) groups is 1. The van der Waals surface area contributed by atoms with E-state index in [4.69, 9.17) is 16.9 Å². The lowest BCUT2D eigenvalue weighted by Crippen LogP contribution is -2.03. The quantitative estimate of drug-likeness (QED) is 0.783. The topological polar surface area (TPSA) is 40.9 Å². The summed E-state index contributed by atoms with van der Waals surface area (Å²) in [5.74, 6) is 0.0926. The minimum atomic E-state index is -0.00948. The first-order valence-corrected chi connectivity index (χ1v) is 5.13. The molecule has 1 atom stereocenters. The molecule has 0 spiro atoms. The Bertz CT molecular complexity index is 378. The van der Waals surface area contributed by atoms with E-state index in [0.29, 0.717) is 17.9 Å². The highest BCUT2D eigenvalue weighted by Crippen LogP contribution is 2.24. The minimum Gasteiger partial charge on any atom is -0.300 e. The van der Waals surface area contributed by atoms with Gasteiger partial charge in [-0.2, -0.15) is 5.26 Å². The number of halogens is 1. The molecule has 0 saturated heterocycles. The molecule has 3 heteroatoms. The van der Waals surface area contributed by atoms with E-state index < -0.39 is 0 Å². The first-order valence-electron chi connectivity index (χ1n) is 4.75. The lowest BCUT2D eigenvalue weighted by Gasteiger charge is -2.11.